The van der Waals surface area contributed by atoms with E-state index in [-0.39, 0.29) is 18.1 Å². The molecular formula is C14H14N2O3. The van der Waals surface area contributed by atoms with E-state index in [4.69, 9.17) is 15.0 Å². The average molecular weight is 258 g/mol. The Hall–Kier alpha value is -2.56. The van der Waals surface area contributed by atoms with Gasteiger partial charge in [0.25, 0.3) is 0 Å². The van der Waals surface area contributed by atoms with Gasteiger partial charge in [0.2, 0.25) is 5.88 Å². The van der Waals surface area contributed by atoms with Crippen LogP contribution in [-0.2, 0) is 4.74 Å². The minimum atomic E-state index is -0.533. The average Bonchev–Trinajstić information content (AvgIpc) is 2.75. The number of anilines is 1. The fraction of sp³-hybridized carbons (Fsp3) is 0.143. The van der Waals surface area contributed by atoms with Crippen molar-refractivity contribution in [2.24, 2.45) is 0 Å². The number of aromatic nitrogens is 1. The summed E-state index contributed by atoms with van der Waals surface area (Å²) in [4.78, 5) is 11.7. The topological polar surface area (TPSA) is 78.4 Å². The van der Waals surface area contributed by atoms with E-state index in [1.807, 2.05) is 36.4 Å². The predicted octanol–water partition coefficient (Wildman–Crippen LogP) is 2.44. The van der Waals surface area contributed by atoms with E-state index in [1.54, 1.807) is 13.0 Å². The van der Waals surface area contributed by atoms with Crippen LogP contribution in [0.3, 0.4) is 0 Å². The van der Waals surface area contributed by atoms with Gasteiger partial charge in [-0.15, -0.1) is 0 Å². The molecule has 0 atom stereocenters. The van der Waals surface area contributed by atoms with Crippen molar-refractivity contribution in [3.63, 3.8) is 0 Å². The number of carbonyl (C=O) groups is 1. The first-order chi connectivity index (χ1) is 9.18. The first-order valence-corrected chi connectivity index (χ1v) is 5.79. The van der Waals surface area contributed by atoms with Crippen molar-refractivity contribution in [1.82, 2.24) is 5.16 Å². The van der Waals surface area contributed by atoms with Crippen LogP contribution < -0.4 is 5.73 Å². The molecule has 19 heavy (non-hydrogen) atoms. The van der Waals surface area contributed by atoms with Crippen molar-refractivity contribution < 1.29 is 14.1 Å². The largest absolute Gasteiger partial charge is 0.458 e. The molecule has 1 aromatic carbocycles. The molecular weight excluding hydrogens is 244 g/mol. The number of carbonyl (C=O) groups excluding carboxylic acids is 1. The molecule has 0 amide bonds. The van der Waals surface area contributed by atoms with Gasteiger partial charge in [-0.25, -0.2) is 4.79 Å². The fourth-order valence-corrected chi connectivity index (χ4v) is 1.58. The minimum absolute atomic E-state index is 0.0189. The minimum Gasteiger partial charge on any atom is -0.458 e. The monoisotopic (exact) mass is 258 g/mol. The summed E-state index contributed by atoms with van der Waals surface area (Å²) in [5.74, 6) is -0.552. The fourth-order valence-electron chi connectivity index (χ4n) is 1.58. The molecule has 0 bridgehead atoms. The molecule has 2 rings (SSSR count). The Labute approximate surface area is 110 Å². The van der Waals surface area contributed by atoms with Gasteiger partial charge in [0.15, 0.2) is 0 Å². The molecule has 0 aliphatic carbocycles. The molecule has 0 aliphatic rings. The SMILES string of the molecule is Cc1noc(N)c1C(=O)OC/C=C/c1ccccc1. The molecule has 2 aromatic rings. The van der Waals surface area contributed by atoms with E-state index in [2.05, 4.69) is 5.16 Å². The Bertz CT molecular complexity index is 568. The van der Waals surface area contributed by atoms with Gasteiger partial charge in [-0.2, -0.15) is 0 Å². The Morgan fingerprint density at radius 3 is 2.79 bits per heavy atom. The molecule has 2 N–H and O–H groups in total. The van der Waals surface area contributed by atoms with Crippen molar-refractivity contribution in [2.75, 3.05) is 12.3 Å². The molecule has 0 spiro atoms. The number of aryl methyl sites for hydroxylation is 1. The highest BCUT2D eigenvalue weighted by molar-refractivity contribution is 5.94. The van der Waals surface area contributed by atoms with Crippen molar-refractivity contribution in [2.45, 2.75) is 6.92 Å². The van der Waals surface area contributed by atoms with Gasteiger partial charge in [-0.1, -0.05) is 41.6 Å². The van der Waals surface area contributed by atoms with Crippen molar-refractivity contribution in [3.8, 4) is 0 Å². The van der Waals surface area contributed by atoms with E-state index in [0.717, 1.165) is 5.56 Å². The molecule has 1 heterocycles. The van der Waals surface area contributed by atoms with Crippen molar-refractivity contribution in [1.29, 1.82) is 0 Å². The maximum Gasteiger partial charge on any atom is 0.346 e. The second-order valence-electron chi connectivity index (χ2n) is 3.92. The van der Waals surface area contributed by atoms with E-state index in [0.29, 0.717) is 5.69 Å². The van der Waals surface area contributed by atoms with Crippen LogP contribution in [0.25, 0.3) is 6.08 Å². The molecule has 0 radical (unpaired) electrons. The predicted molar refractivity (Wildman–Crippen MR) is 71.4 cm³/mol. The summed E-state index contributed by atoms with van der Waals surface area (Å²) in [6.07, 6.45) is 3.63. The summed E-state index contributed by atoms with van der Waals surface area (Å²) in [7, 11) is 0. The number of hydrogen-bond donors (Lipinski definition) is 1. The van der Waals surface area contributed by atoms with Gasteiger partial charge < -0.3 is 15.0 Å². The third kappa shape index (κ3) is 3.22. The van der Waals surface area contributed by atoms with E-state index < -0.39 is 5.97 Å². The lowest BCUT2D eigenvalue weighted by atomic mass is 10.2. The molecule has 1 aromatic heterocycles. The van der Waals surface area contributed by atoms with Crippen LogP contribution in [-0.4, -0.2) is 17.7 Å². The summed E-state index contributed by atoms with van der Waals surface area (Å²) in [5, 5.41) is 3.59. The van der Waals surface area contributed by atoms with Crippen LogP contribution in [0.5, 0.6) is 0 Å². The van der Waals surface area contributed by atoms with Gasteiger partial charge in [0.1, 0.15) is 12.2 Å². The summed E-state index contributed by atoms with van der Waals surface area (Å²) in [5.41, 5.74) is 7.14. The standard InChI is InChI=1S/C14H14N2O3/c1-10-12(13(15)19-16-10)14(17)18-9-5-8-11-6-3-2-4-7-11/h2-8H,9,15H2,1H3/b8-5+. The number of nitrogen functional groups attached to an aromatic ring is 1. The third-order valence-electron chi connectivity index (χ3n) is 2.51. The highest BCUT2D eigenvalue weighted by Gasteiger charge is 2.19. The highest BCUT2D eigenvalue weighted by Crippen LogP contribution is 2.16. The second kappa shape index (κ2) is 5.86. The lowest BCUT2D eigenvalue weighted by Gasteiger charge is -2.00. The Balaban J connectivity index is 1.90. The summed E-state index contributed by atoms with van der Waals surface area (Å²) >= 11 is 0. The number of nitrogens with zero attached hydrogens (tertiary/aromatic N) is 1. The molecule has 5 heteroatoms. The van der Waals surface area contributed by atoms with Crippen LogP contribution in [0.1, 0.15) is 21.6 Å². The lowest BCUT2D eigenvalue weighted by Crippen LogP contribution is -2.08. The van der Waals surface area contributed by atoms with Crippen LogP contribution in [0, 0.1) is 6.92 Å². The number of nitrogens with two attached hydrogens (primary N) is 1. The number of ether oxygens (including phenoxy) is 1. The van der Waals surface area contributed by atoms with Gasteiger partial charge in [0.05, 0.1) is 5.69 Å². The third-order valence-corrected chi connectivity index (χ3v) is 2.51. The summed E-state index contributed by atoms with van der Waals surface area (Å²) in [6, 6.07) is 9.73. The van der Waals surface area contributed by atoms with Crippen molar-refractivity contribution >= 4 is 17.9 Å². The number of rotatable bonds is 4. The summed E-state index contributed by atoms with van der Waals surface area (Å²) < 4.78 is 9.77. The first kappa shape index (κ1) is 12.9. The van der Waals surface area contributed by atoms with Gasteiger partial charge >= 0.3 is 5.97 Å². The van der Waals surface area contributed by atoms with Crippen molar-refractivity contribution in [3.05, 3.63) is 53.2 Å². The molecule has 0 unspecified atom stereocenters. The Morgan fingerprint density at radius 1 is 1.42 bits per heavy atom. The zero-order valence-electron chi connectivity index (χ0n) is 10.5. The molecule has 5 nitrogen and oxygen atoms in total. The van der Waals surface area contributed by atoms with Gasteiger partial charge in [0, 0.05) is 0 Å². The molecule has 0 saturated heterocycles. The van der Waals surface area contributed by atoms with E-state index in [9.17, 15) is 4.79 Å². The summed E-state index contributed by atoms with van der Waals surface area (Å²) in [6.45, 7) is 1.80. The maximum absolute atomic E-state index is 11.7. The quantitative estimate of drug-likeness (QED) is 0.852. The molecule has 0 saturated carbocycles. The van der Waals surface area contributed by atoms with Crippen LogP contribution in [0.2, 0.25) is 0 Å². The molecule has 0 aliphatic heterocycles. The zero-order valence-corrected chi connectivity index (χ0v) is 10.5. The maximum atomic E-state index is 11.7. The molecule has 98 valence electrons. The highest BCUT2D eigenvalue weighted by atomic mass is 16.5. The molecule has 0 fully saturated rings. The van der Waals surface area contributed by atoms with Crippen LogP contribution in [0.4, 0.5) is 5.88 Å². The first-order valence-electron chi connectivity index (χ1n) is 5.79. The normalized spacial score (nSPS) is 10.8. The lowest BCUT2D eigenvalue weighted by molar-refractivity contribution is 0.0550. The number of esters is 1. The number of hydrogen-bond acceptors (Lipinski definition) is 5. The van der Waals surface area contributed by atoms with Crippen LogP contribution >= 0.6 is 0 Å². The van der Waals surface area contributed by atoms with Gasteiger partial charge in [-0.3, -0.25) is 0 Å². The smallest absolute Gasteiger partial charge is 0.346 e. The van der Waals surface area contributed by atoms with E-state index in [1.165, 1.54) is 0 Å². The zero-order chi connectivity index (χ0) is 13.7. The van der Waals surface area contributed by atoms with Gasteiger partial charge in [-0.05, 0) is 18.6 Å². The second-order valence-corrected chi connectivity index (χ2v) is 3.92. The Morgan fingerprint density at radius 2 is 2.16 bits per heavy atom. The van der Waals surface area contributed by atoms with E-state index >= 15 is 0 Å². The number of benzene rings is 1. The van der Waals surface area contributed by atoms with Crippen LogP contribution in [0.15, 0.2) is 40.9 Å². The Kier molecular flexibility index (Phi) is 3.97.